The Morgan fingerprint density at radius 1 is 0.443 bits per heavy atom. The molecule has 0 aromatic heterocycles. The number of anilines is 6. The zero-order chi connectivity index (χ0) is 43.1. The molecule has 61 heavy (non-hydrogen) atoms. The number of carbonyl (C=O) groups is 2. The molecular weight excluding hydrogens is 757 g/mol. The van der Waals surface area contributed by atoms with E-state index >= 15 is 0 Å². The highest BCUT2D eigenvalue weighted by Gasteiger charge is 2.16. The van der Waals surface area contributed by atoms with Gasteiger partial charge in [-0.25, -0.2) is 9.59 Å². The Morgan fingerprint density at radius 2 is 0.721 bits per heavy atom. The molecule has 0 fully saturated rings. The minimum Gasteiger partial charge on any atom is -0.462 e. The molecule has 0 radical (unpaired) electrons. The van der Waals surface area contributed by atoms with Crippen molar-refractivity contribution in [1.82, 2.24) is 0 Å². The molecule has 0 atom stereocenters. The molecule has 0 spiro atoms. The molecule has 312 valence electrons. The van der Waals surface area contributed by atoms with Crippen LogP contribution in [0, 0.1) is 13.8 Å². The second kappa shape index (κ2) is 21.4. The van der Waals surface area contributed by atoms with Crippen LogP contribution < -0.4 is 14.5 Å². The van der Waals surface area contributed by atoms with Gasteiger partial charge in [0.2, 0.25) is 0 Å². The third kappa shape index (κ3) is 12.1. The van der Waals surface area contributed by atoms with Crippen LogP contribution >= 0.6 is 0 Å². The van der Waals surface area contributed by atoms with E-state index in [2.05, 4.69) is 145 Å². The van der Waals surface area contributed by atoms with E-state index in [1.54, 1.807) is 26.0 Å². The first-order chi connectivity index (χ1) is 29.6. The first-order valence-corrected chi connectivity index (χ1v) is 21.0. The molecule has 0 bridgehead atoms. The molecule has 7 heteroatoms. The van der Waals surface area contributed by atoms with Gasteiger partial charge in [-0.2, -0.15) is 0 Å². The maximum Gasteiger partial charge on any atom is 0.333 e. The summed E-state index contributed by atoms with van der Waals surface area (Å²) in [6.07, 6.45) is 6.60. The second-order valence-electron chi connectivity index (χ2n) is 15.2. The van der Waals surface area contributed by atoms with E-state index < -0.39 is 0 Å². The van der Waals surface area contributed by atoms with E-state index in [1.165, 1.54) is 22.3 Å². The summed E-state index contributed by atoms with van der Waals surface area (Å²) in [6.45, 7) is 12.1. The highest BCUT2D eigenvalue weighted by atomic mass is 16.5. The fourth-order valence-electron chi connectivity index (χ4n) is 6.71. The molecule has 0 aliphatic rings. The summed E-state index contributed by atoms with van der Waals surface area (Å²) in [5.41, 5.74) is 12.2. The predicted octanol–water partition coefficient (Wildman–Crippen LogP) is 13.9. The number of ether oxygens (including phenoxy) is 3. The molecule has 0 unspecified atom stereocenters. The van der Waals surface area contributed by atoms with Gasteiger partial charge in [0.25, 0.3) is 0 Å². The molecular formula is C54H56N2O5. The lowest BCUT2D eigenvalue weighted by Crippen LogP contribution is -2.10. The highest BCUT2D eigenvalue weighted by molar-refractivity contribution is 5.88. The SMILES string of the molecule is C/C=C(\C)C(=O)OCCCc1ccc(N(c2ccc(CCCOC(=O)/C(C)=C/C)cc2)c2ccc(Oc3ccc(N(c4ccc(C)cc4)c4ccc(C)cc4)cc3)cc2)cc1. The molecule has 0 heterocycles. The Morgan fingerprint density at radius 3 is 1.02 bits per heavy atom. The van der Waals surface area contributed by atoms with Crippen LogP contribution in [0.1, 0.15) is 62.8 Å². The Hall–Kier alpha value is -6.86. The number of benzene rings is 6. The third-order valence-electron chi connectivity index (χ3n) is 10.6. The van der Waals surface area contributed by atoms with Crippen molar-refractivity contribution in [2.24, 2.45) is 0 Å². The number of rotatable bonds is 18. The predicted molar refractivity (Wildman–Crippen MR) is 249 cm³/mol. The number of allylic oxidation sites excluding steroid dienone is 2. The van der Waals surface area contributed by atoms with E-state index in [4.69, 9.17) is 14.2 Å². The van der Waals surface area contributed by atoms with Gasteiger partial charge in [0.15, 0.2) is 0 Å². The van der Waals surface area contributed by atoms with Gasteiger partial charge in [-0.3, -0.25) is 0 Å². The number of aryl methyl sites for hydroxylation is 4. The first kappa shape index (κ1) is 43.7. The zero-order valence-electron chi connectivity index (χ0n) is 36.2. The largest absolute Gasteiger partial charge is 0.462 e. The standard InChI is InChI=1S/C54H56N2O5/c1-7-41(5)53(57)59-37-9-11-43-17-25-47(26-18-43)56(48-27-19-44(20-28-48)12-10-38-60-54(58)42(6)8-2)50-31-35-52(36-32-50)61-51-33-29-49(30-34-51)55(45-21-13-39(3)14-22-45)46-23-15-40(4)16-24-46/h7-8,13-36H,9-12,37-38H2,1-6H3/b41-7+,42-8+. The molecule has 6 aromatic carbocycles. The molecule has 0 saturated carbocycles. The van der Waals surface area contributed by atoms with Gasteiger partial charge >= 0.3 is 11.9 Å². The van der Waals surface area contributed by atoms with Crippen molar-refractivity contribution in [3.63, 3.8) is 0 Å². The van der Waals surface area contributed by atoms with Gasteiger partial charge in [-0.05, 0) is 175 Å². The maximum atomic E-state index is 12.0. The van der Waals surface area contributed by atoms with Crippen molar-refractivity contribution in [2.75, 3.05) is 23.0 Å². The molecule has 6 aromatic rings. The Kier molecular flexibility index (Phi) is 15.3. The van der Waals surface area contributed by atoms with E-state index in [9.17, 15) is 9.59 Å². The maximum absolute atomic E-state index is 12.0. The Labute approximate surface area is 361 Å². The molecule has 0 aliphatic heterocycles. The summed E-state index contributed by atoms with van der Waals surface area (Å²) >= 11 is 0. The fourth-order valence-corrected chi connectivity index (χ4v) is 6.71. The van der Waals surface area contributed by atoms with Crippen LogP contribution in [0.25, 0.3) is 0 Å². The van der Waals surface area contributed by atoms with Crippen LogP contribution in [0.4, 0.5) is 34.1 Å². The van der Waals surface area contributed by atoms with Crippen molar-refractivity contribution in [2.45, 2.75) is 67.2 Å². The summed E-state index contributed by atoms with van der Waals surface area (Å²) in [6, 6.07) is 50.5. The number of esters is 2. The summed E-state index contributed by atoms with van der Waals surface area (Å²) in [5, 5.41) is 0. The lowest BCUT2D eigenvalue weighted by molar-refractivity contribution is -0.139. The van der Waals surface area contributed by atoms with Gasteiger partial charge in [0.1, 0.15) is 11.5 Å². The first-order valence-electron chi connectivity index (χ1n) is 21.0. The normalized spacial score (nSPS) is 11.5. The van der Waals surface area contributed by atoms with Gasteiger partial charge in [-0.15, -0.1) is 0 Å². The topological polar surface area (TPSA) is 68.3 Å². The van der Waals surface area contributed by atoms with Gasteiger partial charge < -0.3 is 24.0 Å². The van der Waals surface area contributed by atoms with E-state index in [0.29, 0.717) is 24.4 Å². The minimum atomic E-state index is -0.268. The lowest BCUT2D eigenvalue weighted by Gasteiger charge is -2.26. The Bertz CT molecular complexity index is 2270. The number of nitrogens with zero attached hydrogens (tertiary/aromatic N) is 2. The van der Waals surface area contributed by atoms with Crippen LogP contribution in [0.5, 0.6) is 11.5 Å². The number of hydrogen-bond donors (Lipinski definition) is 0. The van der Waals surface area contributed by atoms with Crippen LogP contribution in [0.2, 0.25) is 0 Å². The minimum absolute atomic E-state index is 0.268. The van der Waals surface area contributed by atoms with Crippen molar-refractivity contribution in [1.29, 1.82) is 0 Å². The number of hydrogen-bond acceptors (Lipinski definition) is 7. The fraction of sp³-hybridized carbons (Fsp3) is 0.222. The van der Waals surface area contributed by atoms with Gasteiger partial charge in [0, 0.05) is 45.3 Å². The molecule has 6 rings (SSSR count). The number of carbonyl (C=O) groups excluding carboxylic acids is 2. The summed E-state index contributed by atoms with van der Waals surface area (Å²) in [5.74, 6) is 0.934. The van der Waals surface area contributed by atoms with Crippen LogP contribution in [0.15, 0.2) is 169 Å². The van der Waals surface area contributed by atoms with Crippen molar-refractivity contribution in [3.05, 3.63) is 191 Å². The summed E-state index contributed by atoms with van der Waals surface area (Å²) in [7, 11) is 0. The van der Waals surface area contributed by atoms with Gasteiger partial charge in [-0.1, -0.05) is 71.8 Å². The lowest BCUT2D eigenvalue weighted by atomic mass is 10.1. The molecule has 0 aliphatic carbocycles. The van der Waals surface area contributed by atoms with Crippen LogP contribution in [0.3, 0.4) is 0 Å². The van der Waals surface area contributed by atoms with Crippen LogP contribution in [-0.4, -0.2) is 25.2 Å². The monoisotopic (exact) mass is 812 g/mol. The average molecular weight is 813 g/mol. The van der Waals surface area contributed by atoms with Gasteiger partial charge in [0.05, 0.1) is 13.2 Å². The van der Waals surface area contributed by atoms with Crippen LogP contribution in [-0.2, 0) is 31.9 Å². The zero-order valence-corrected chi connectivity index (χ0v) is 36.2. The smallest absolute Gasteiger partial charge is 0.333 e. The van der Waals surface area contributed by atoms with Crippen molar-refractivity contribution >= 4 is 46.1 Å². The Balaban J connectivity index is 1.18. The van der Waals surface area contributed by atoms with E-state index in [1.807, 2.05) is 38.1 Å². The van der Waals surface area contributed by atoms with E-state index in [0.717, 1.165) is 71.3 Å². The van der Waals surface area contributed by atoms with Crippen molar-refractivity contribution in [3.8, 4) is 11.5 Å². The second-order valence-corrected chi connectivity index (χ2v) is 15.2. The average Bonchev–Trinajstić information content (AvgIpc) is 3.29. The third-order valence-corrected chi connectivity index (χ3v) is 10.6. The molecule has 0 amide bonds. The highest BCUT2D eigenvalue weighted by Crippen LogP contribution is 2.38. The summed E-state index contributed by atoms with van der Waals surface area (Å²) in [4.78, 5) is 28.6. The van der Waals surface area contributed by atoms with Crippen molar-refractivity contribution < 1.29 is 23.8 Å². The van der Waals surface area contributed by atoms with E-state index in [-0.39, 0.29) is 11.9 Å². The molecule has 7 nitrogen and oxygen atoms in total. The summed E-state index contributed by atoms with van der Waals surface area (Å²) < 4.78 is 17.2. The quantitative estimate of drug-likeness (QED) is 0.0486. The molecule has 0 N–H and O–H groups in total. The molecule has 0 saturated heterocycles.